The first-order valence-electron chi connectivity index (χ1n) is 9.86. The van der Waals surface area contributed by atoms with Gasteiger partial charge in [0.05, 0.1) is 35.8 Å². The Labute approximate surface area is 180 Å². The van der Waals surface area contributed by atoms with Gasteiger partial charge in [-0.25, -0.2) is 0 Å². The third-order valence-corrected chi connectivity index (χ3v) is 6.50. The van der Waals surface area contributed by atoms with E-state index in [1.165, 1.54) is 17.3 Å². The summed E-state index contributed by atoms with van der Waals surface area (Å²) in [5.41, 5.74) is 3.63. The summed E-state index contributed by atoms with van der Waals surface area (Å²) >= 11 is 1.52. The van der Waals surface area contributed by atoms with E-state index in [-0.39, 0.29) is 24.0 Å². The first kappa shape index (κ1) is 20.2. The predicted octanol–water partition coefficient (Wildman–Crippen LogP) is 4.32. The van der Waals surface area contributed by atoms with Crippen LogP contribution >= 0.6 is 11.8 Å². The number of amides is 1. The molecule has 2 heterocycles. The van der Waals surface area contributed by atoms with Crippen LogP contribution in [0.3, 0.4) is 0 Å². The van der Waals surface area contributed by atoms with Crippen molar-refractivity contribution in [3.8, 4) is 17.6 Å². The van der Waals surface area contributed by atoms with Gasteiger partial charge < -0.3 is 14.7 Å². The Balaban J connectivity index is 1.66. The zero-order valence-corrected chi connectivity index (χ0v) is 17.8. The molecule has 6 nitrogen and oxygen atoms in total. The largest absolute Gasteiger partial charge is 0.504 e. The van der Waals surface area contributed by atoms with Crippen LogP contribution in [0.1, 0.15) is 30.4 Å². The lowest BCUT2D eigenvalue weighted by Gasteiger charge is -2.42. The van der Waals surface area contributed by atoms with Crippen molar-refractivity contribution in [3.05, 3.63) is 64.2 Å². The molecule has 1 N–H and O–H groups in total. The van der Waals surface area contributed by atoms with Crippen molar-refractivity contribution in [1.29, 1.82) is 5.26 Å². The quantitative estimate of drug-likeness (QED) is 0.792. The lowest BCUT2D eigenvalue weighted by atomic mass is 9.86. The van der Waals surface area contributed by atoms with Crippen molar-refractivity contribution in [3.63, 3.8) is 0 Å². The number of hydrogen-bond donors (Lipinski definition) is 1. The summed E-state index contributed by atoms with van der Waals surface area (Å²) in [6.45, 7) is 4.74. The van der Waals surface area contributed by atoms with Crippen molar-refractivity contribution in [1.82, 2.24) is 4.90 Å². The maximum absolute atomic E-state index is 13.1. The number of aryl methyl sites for hydroxylation is 1. The zero-order valence-electron chi connectivity index (χ0n) is 17.0. The second-order valence-electron chi connectivity index (χ2n) is 7.36. The average molecular weight is 422 g/mol. The van der Waals surface area contributed by atoms with Gasteiger partial charge >= 0.3 is 0 Å². The monoisotopic (exact) mass is 421 g/mol. The van der Waals surface area contributed by atoms with E-state index in [1.807, 2.05) is 32.0 Å². The molecule has 4 rings (SSSR count). The van der Waals surface area contributed by atoms with Crippen LogP contribution in [0.15, 0.2) is 53.1 Å². The number of aromatic hydroxyl groups is 1. The van der Waals surface area contributed by atoms with Gasteiger partial charge in [0.1, 0.15) is 0 Å². The molecule has 2 aliphatic rings. The zero-order chi connectivity index (χ0) is 21.3. The number of fused-ring (bicyclic) bond motifs is 1. The fourth-order valence-corrected chi connectivity index (χ4v) is 5.02. The van der Waals surface area contributed by atoms with Gasteiger partial charge in [-0.15, -0.1) is 0 Å². The number of thioether (sulfide) groups is 1. The molecule has 2 aromatic carbocycles. The Morgan fingerprint density at radius 2 is 2.13 bits per heavy atom. The number of nitriles is 1. The summed E-state index contributed by atoms with van der Waals surface area (Å²) in [7, 11) is 0. The molecule has 7 heteroatoms. The van der Waals surface area contributed by atoms with Crippen LogP contribution in [0.25, 0.3) is 0 Å². The number of phenols is 1. The molecule has 1 amide bonds. The van der Waals surface area contributed by atoms with Crippen LogP contribution in [0.4, 0.5) is 5.69 Å². The van der Waals surface area contributed by atoms with Gasteiger partial charge in [0, 0.05) is 18.0 Å². The number of carbonyl (C=O) groups excluding carboxylic acids is 1. The van der Waals surface area contributed by atoms with E-state index < -0.39 is 0 Å². The van der Waals surface area contributed by atoms with Crippen molar-refractivity contribution < 1.29 is 14.6 Å². The van der Waals surface area contributed by atoms with Gasteiger partial charge in [-0.05, 0) is 49.2 Å². The molecular formula is C23H23N3O3S. The van der Waals surface area contributed by atoms with E-state index in [1.54, 1.807) is 23.1 Å². The minimum Gasteiger partial charge on any atom is -0.504 e. The van der Waals surface area contributed by atoms with Gasteiger partial charge in [0.25, 0.3) is 0 Å². The van der Waals surface area contributed by atoms with E-state index in [4.69, 9.17) is 4.74 Å². The van der Waals surface area contributed by atoms with Crippen LogP contribution in [0.5, 0.6) is 11.5 Å². The molecule has 1 saturated heterocycles. The number of hydrogen-bond acceptors (Lipinski definition) is 6. The standard InChI is InChI=1S/C23H23N3O3S/c1-3-29-21-10-16(7-8-20(21)27)18-11-22(28)26-13-25(14-30-23(26)19(18)12-24)17-6-4-5-15(2)9-17/h4-10,18,27H,3,11,13-14H2,1-2H3. The molecule has 0 aromatic heterocycles. The molecule has 0 spiro atoms. The third kappa shape index (κ3) is 3.71. The maximum Gasteiger partial charge on any atom is 0.229 e. The lowest BCUT2D eigenvalue weighted by molar-refractivity contribution is -0.129. The highest BCUT2D eigenvalue weighted by Gasteiger charge is 2.38. The summed E-state index contributed by atoms with van der Waals surface area (Å²) in [5.74, 6) is 0.738. The van der Waals surface area contributed by atoms with Crippen LogP contribution in [0.2, 0.25) is 0 Å². The second kappa shape index (κ2) is 8.33. The van der Waals surface area contributed by atoms with Gasteiger partial charge in [-0.3, -0.25) is 9.69 Å². The Kier molecular flexibility index (Phi) is 5.60. The highest BCUT2D eigenvalue weighted by Crippen LogP contribution is 2.44. The van der Waals surface area contributed by atoms with Crippen molar-refractivity contribution in [2.45, 2.75) is 26.2 Å². The predicted molar refractivity (Wildman–Crippen MR) is 117 cm³/mol. The van der Waals surface area contributed by atoms with Gasteiger partial charge in [-0.2, -0.15) is 5.26 Å². The molecular weight excluding hydrogens is 398 g/mol. The van der Waals surface area contributed by atoms with Crippen molar-refractivity contribution >= 4 is 23.4 Å². The van der Waals surface area contributed by atoms with Gasteiger partial charge in [-0.1, -0.05) is 30.0 Å². The molecule has 0 aliphatic carbocycles. The van der Waals surface area contributed by atoms with E-state index in [9.17, 15) is 15.2 Å². The summed E-state index contributed by atoms with van der Waals surface area (Å²) in [6, 6.07) is 15.6. The number of ether oxygens (including phenoxy) is 1. The number of allylic oxidation sites excluding steroid dienone is 1. The van der Waals surface area contributed by atoms with Gasteiger partial charge in [0.15, 0.2) is 11.5 Å². The normalized spacial score (nSPS) is 18.8. The van der Waals surface area contributed by atoms with Crippen LogP contribution in [-0.2, 0) is 4.79 Å². The average Bonchev–Trinajstić information content (AvgIpc) is 2.75. The Morgan fingerprint density at radius 1 is 1.30 bits per heavy atom. The molecule has 2 aliphatic heterocycles. The van der Waals surface area contributed by atoms with Crippen molar-refractivity contribution in [2.75, 3.05) is 24.1 Å². The Morgan fingerprint density at radius 3 is 2.87 bits per heavy atom. The van der Waals surface area contributed by atoms with Gasteiger partial charge in [0.2, 0.25) is 5.91 Å². The second-order valence-corrected chi connectivity index (χ2v) is 8.30. The van der Waals surface area contributed by atoms with E-state index in [0.29, 0.717) is 30.5 Å². The Hall–Kier alpha value is -3.11. The number of rotatable bonds is 4. The molecule has 0 saturated carbocycles. The molecule has 1 unspecified atom stereocenters. The Bertz CT molecular complexity index is 1060. The smallest absolute Gasteiger partial charge is 0.229 e. The van der Waals surface area contributed by atoms with Crippen LogP contribution < -0.4 is 9.64 Å². The van der Waals surface area contributed by atoms with E-state index in [0.717, 1.165) is 16.3 Å². The minimum atomic E-state index is -0.341. The first-order valence-corrected chi connectivity index (χ1v) is 10.8. The molecule has 0 bridgehead atoms. The van der Waals surface area contributed by atoms with Crippen LogP contribution in [0, 0.1) is 18.3 Å². The van der Waals surface area contributed by atoms with E-state index >= 15 is 0 Å². The molecule has 1 atom stereocenters. The van der Waals surface area contributed by atoms with Crippen LogP contribution in [-0.4, -0.2) is 35.1 Å². The maximum atomic E-state index is 13.1. The fraction of sp³-hybridized carbons (Fsp3) is 0.304. The molecule has 1 fully saturated rings. The minimum absolute atomic E-state index is 0.00936. The summed E-state index contributed by atoms with van der Waals surface area (Å²) in [4.78, 5) is 16.9. The molecule has 154 valence electrons. The third-order valence-electron chi connectivity index (χ3n) is 5.35. The summed E-state index contributed by atoms with van der Waals surface area (Å²) in [6.07, 6.45) is 0.213. The van der Waals surface area contributed by atoms with Crippen molar-refractivity contribution in [2.24, 2.45) is 0 Å². The molecule has 2 aromatic rings. The topological polar surface area (TPSA) is 76.8 Å². The SMILES string of the molecule is CCOc1cc(C2CC(=O)N3CN(c4cccc(C)c4)CSC3=C2C#N)ccc1O. The number of phenolic OH excluding ortho intramolecular Hbond substituents is 1. The lowest BCUT2D eigenvalue weighted by Crippen LogP contribution is -2.47. The number of carbonyl (C=O) groups is 1. The number of anilines is 1. The fourth-order valence-electron chi connectivity index (χ4n) is 3.85. The number of benzene rings is 2. The first-order chi connectivity index (χ1) is 14.5. The highest BCUT2D eigenvalue weighted by molar-refractivity contribution is 8.03. The highest BCUT2D eigenvalue weighted by atomic mass is 32.2. The molecule has 0 radical (unpaired) electrons. The van der Waals surface area contributed by atoms with E-state index in [2.05, 4.69) is 17.0 Å². The summed E-state index contributed by atoms with van der Waals surface area (Å²) in [5, 5.41) is 20.7. The summed E-state index contributed by atoms with van der Waals surface area (Å²) < 4.78 is 5.49. The number of nitrogens with zero attached hydrogens (tertiary/aromatic N) is 3. The molecule has 30 heavy (non-hydrogen) atoms.